The molecule has 114 valence electrons. The molecule has 22 heavy (non-hydrogen) atoms. The minimum Gasteiger partial charge on any atom is -0.456 e. The fourth-order valence-corrected chi connectivity index (χ4v) is 2.73. The molecule has 0 saturated heterocycles. The summed E-state index contributed by atoms with van der Waals surface area (Å²) in [7, 11) is 0. The van der Waals surface area contributed by atoms with Crippen molar-refractivity contribution in [3.05, 3.63) is 29.3 Å². The highest BCUT2D eigenvalue weighted by Gasteiger charge is 2.09. The van der Waals surface area contributed by atoms with Gasteiger partial charge in [-0.15, -0.1) is 11.3 Å². The normalized spacial score (nSPS) is 10.1. The fraction of sp³-hybridized carbons (Fsp3) is 0.333. The Hall–Kier alpha value is -2.46. The third-order valence-corrected chi connectivity index (χ3v) is 3.90. The number of benzene rings is 1. The number of hydrogen-bond acceptors (Lipinski definition) is 6. The Morgan fingerprint density at radius 1 is 1.36 bits per heavy atom. The Bertz CT molecular complexity index is 672. The average Bonchev–Trinajstić information content (AvgIpc) is 2.94. The Balaban J connectivity index is 1.71. The van der Waals surface area contributed by atoms with E-state index in [9.17, 15) is 9.59 Å². The van der Waals surface area contributed by atoms with Gasteiger partial charge in [0.25, 0.3) is 5.91 Å². The zero-order chi connectivity index (χ0) is 15.8. The van der Waals surface area contributed by atoms with Crippen LogP contribution in [0.4, 0.5) is 0 Å². The summed E-state index contributed by atoms with van der Waals surface area (Å²) in [4.78, 5) is 27.3. The van der Waals surface area contributed by atoms with Crippen LogP contribution in [0.3, 0.4) is 0 Å². The lowest BCUT2D eigenvalue weighted by atomic mass is 10.3. The first-order chi connectivity index (χ1) is 10.7. The zero-order valence-corrected chi connectivity index (χ0v) is 12.7. The topological polar surface area (TPSA) is 92.1 Å². The van der Waals surface area contributed by atoms with Crippen molar-refractivity contribution in [3.8, 4) is 6.07 Å². The molecule has 6 nitrogen and oxygen atoms in total. The van der Waals surface area contributed by atoms with Gasteiger partial charge in [0.2, 0.25) is 0 Å². The molecule has 0 spiro atoms. The van der Waals surface area contributed by atoms with Crippen LogP contribution in [0.25, 0.3) is 10.2 Å². The van der Waals surface area contributed by atoms with Gasteiger partial charge in [-0.25, -0.2) is 4.98 Å². The van der Waals surface area contributed by atoms with Crippen molar-refractivity contribution in [1.82, 2.24) is 10.3 Å². The van der Waals surface area contributed by atoms with Crippen molar-refractivity contribution < 1.29 is 14.3 Å². The van der Waals surface area contributed by atoms with Crippen LogP contribution in [0, 0.1) is 11.3 Å². The van der Waals surface area contributed by atoms with Crippen molar-refractivity contribution in [2.75, 3.05) is 13.2 Å². The van der Waals surface area contributed by atoms with E-state index in [0.717, 1.165) is 15.2 Å². The molecular weight excluding hydrogens is 302 g/mol. The number of aryl methyl sites for hydroxylation is 1. The molecule has 0 fully saturated rings. The Labute approximate surface area is 131 Å². The predicted octanol–water partition coefficient (Wildman–Crippen LogP) is 1.80. The molecule has 0 aliphatic carbocycles. The SMILES string of the molecule is N#CCCNC(=O)COC(=O)CCc1nc2ccccc2s1. The lowest BCUT2D eigenvalue weighted by Crippen LogP contribution is -2.29. The van der Waals surface area contributed by atoms with E-state index in [-0.39, 0.29) is 26.0 Å². The number of nitrogens with one attached hydrogen (secondary N) is 1. The van der Waals surface area contributed by atoms with Crippen LogP contribution in [0.2, 0.25) is 0 Å². The molecule has 1 aromatic heterocycles. The molecule has 1 amide bonds. The summed E-state index contributed by atoms with van der Waals surface area (Å²) < 4.78 is 5.96. The van der Waals surface area contributed by atoms with Crippen LogP contribution in [0.1, 0.15) is 17.8 Å². The largest absolute Gasteiger partial charge is 0.456 e. The lowest BCUT2D eigenvalue weighted by Gasteiger charge is -2.04. The molecule has 1 heterocycles. The number of nitrogens with zero attached hydrogens (tertiary/aromatic N) is 2. The van der Waals surface area contributed by atoms with Gasteiger partial charge in [-0.05, 0) is 12.1 Å². The molecule has 0 bridgehead atoms. The van der Waals surface area contributed by atoms with Gasteiger partial charge in [0.05, 0.1) is 34.1 Å². The predicted molar refractivity (Wildman–Crippen MR) is 82.1 cm³/mol. The number of amides is 1. The second kappa shape index (κ2) is 8.10. The highest BCUT2D eigenvalue weighted by Crippen LogP contribution is 2.22. The van der Waals surface area contributed by atoms with Gasteiger partial charge in [-0.3, -0.25) is 9.59 Å². The van der Waals surface area contributed by atoms with Crippen molar-refractivity contribution in [1.29, 1.82) is 5.26 Å². The van der Waals surface area contributed by atoms with Crippen LogP contribution < -0.4 is 5.32 Å². The molecule has 1 N–H and O–H groups in total. The smallest absolute Gasteiger partial charge is 0.306 e. The zero-order valence-electron chi connectivity index (χ0n) is 11.9. The number of esters is 1. The molecule has 0 saturated carbocycles. The highest BCUT2D eigenvalue weighted by molar-refractivity contribution is 7.18. The van der Waals surface area contributed by atoms with Crippen molar-refractivity contribution in [3.63, 3.8) is 0 Å². The molecule has 2 aromatic rings. The molecule has 0 radical (unpaired) electrons. The summed E-state index contributed by atoms with van der Waals surface area (Å²) in [6.07, 6.45) is 0.914. The maximum Gasteiger partial charge on any atom is 0.306 e. The molecule has 0 aliphatic rings. The van der Waals surface area contributed by atoms with E-state index in [1.54, 1.807) is 11.3 Å². The van der Waals surface area contributed by atoms with E-state index >= 15 is 0 Å². The van der Waals surface area contributed by atoms with E-state index in [1.807, 2.05) is 30.3 Å². The summed E-state index contributed by atoms with van der Waals surface area (Å²) in [5.41, 5.74) is 0.924. The molecular formula is C15H15N3O3S. The summed E-state index contributed by atoms with van der Waals surface area (Å²) in [6.45, 7) is -0.0529. The van der Waals surface area contributed by atoms with Gasteiger partial charge in [-0.2, -0.15) is 5.26 Å². The Morgan fingerprint density at radius 3 is 2.95 bits per heavy atom. The van der Waals surface area contributed by atoms with E-state index < -0.39 is 11.9 Å². The first-order valence-corrected chi connectivity index (χ1v) is 7.64. The van der Waals surface area contributed by atoms with Gasteiger partial charge in [0.15, 0.2) is 6.61 Å². The van der Waals surface area contributed by atoms with E-state index in [4.69, 9.17) is 10.00 Å². The standard InChI is InChI=1S/C15H15N3O3S/c16-8-3-9-17-13(19)10-21-15(20)7-6-14-18-11-4-1-2-5-12(11)22-14/h1-2,4-5H,3,6-7,9-10H2,(H,17,19). The van der Waals surface area contributed by atoms with Crippen LogP contribution >= 0.6 is 11.3 Å². The number of nitriles is 1. The Kier molecular flexibility index (Phi) is 5.86. The summed E-state index contributed by atoms with van der Waals surface area (Å²) in [5.74, 6) is -0.835. The maximum atomic E-state index is 11.6. The first kappa shape index (κ1) is 15.9. The number of rotatable bonds is 7. The first-order valence-electron chi connectivity index (χ1n) is 6.83. The van der Waals surface area contributed by atoms with Crippen LogP contribution in [0.15, 0.2) is 24.3 Å². The summed E-state index contributed by atoms with van der Waals surface area (Å²) in [6, 6.07) is 9.69. The van der Waals surface area contributed by atoms with Gasteiger partial charge in [0.1, 0.15) is 0 Å². The second-order valence-electron chi connectivity index (χ2n) is 4.49. The number of hydrogen-bond donors (Lipinski definition) is 1. The number of carbonyl (C=O) groups excluding carboxylic acids is 2. The molecule has 7 heteroatoms. The minimum atomic E-state index is -0.435. The highest BCUT2D eigenvalue weighted by atomic mass is 32.1. The number of thiazole rings is 1. The fourth-order valence-electron chi connectivity index (χ4n) is 1.76. The molecule has 0 aliphatic heterocycles. The minimum absolute atomic E-state index is 0.186. The van der Waals surface area contributed by atoms with E-state index in [2.05, 4.69) is 10.3 Å². The van der Waals surface area contributed by atoms with Crippen LogP contribution in [-0.2, 0) is 20.7 Å². The molecule has 2 rings (SSSR count). The average molecular weight is 317 g/mol. The van der Waals surface area contributed by atoms with E-state index in [1.165, 1.54) is 0 Å². The van der Waals surface area contributed by atoms with Crippen molar-refractivity contribution >= 4 is 33.4 Å². The van der Waals surface area contributed by atoms with Gasteiger partial charge in [0, 0.05) is 13.0 Å². The monoisotopic (exact) mass is 317 g/mol. The van der Waals surface area contributed by atoms with Crippen molar-refractivity contribution in [2.24, 2.45) is 0 Å². The number of carbonyl (C=O) groups is 2. The number of fused-ring (bicyclic) bond motifs is 1. The van der Waals surface area contributed by atoms with Gasteiger partial charge >= 0.3 is 5.97 Å². The third kappa shape index (κ3) is 4.82. The molecule has 0 unspecified atom stereocenters. The van der Waals surface area contributed by atoms with Gasteiger partial charge < -0.3 is 10.1 Å². The lowest BCUT2D eigenvalue weighted by molar-refractivity contribution is -0.148. The van der Waals surface area contributed by atoms with Crippen LogP contribution in [-0.4, -0.2) is 30.0 Å². The molecule has 1 aromatic carbocycles. The summed E-state index contributed by atoms with van der Waals surface area (Å²) >= 11 is 1.55. The maximum absolute atomic E-state index is 11.6. The second-order valence-corrected chi connectivity index (χ2v) is 5.61. The van der Waals surface area contributed by atoms with Crippen LogP contribution in [0.5, 0.6) is 0 Å². The van der Waals surface area contributed by atoms with Gasteiger partial charge in [-0.1, -0.05) is 12.1 Å². The molecule has 0 atom stereocenters. The number of ether oxygens (including phenoxy) is 1. The van der Waals surface area contributed by atoms with Crippen molar-refractivity contribution in [2.45, 2.75) is 19.3 Å². The number of aromatic nitrogens is 1. The third-order valence-electron chi connectivity index (χ3n) is 2.80. The quantitative estimate of drug-likeness (QED) is 0.621. The van der Waals surface area contributed by atoms with E-state index in [0.29, 0.717) is 6.42 Å². The summed E-state index contributed by atoms with van der Waals surface area (Å²) in [5, 5.41) is 11.7. The Morgan fingerprint density at radius 2 is 2.18 bits per heavy atom. The number of para-hydroxylation sites is 1.